The molecule has 4 nitrogen and oxygen atoms in total. The normalized spacial score (nSPS) is 20.5. The molecule has 1 heterocycles. The van der Waals surface area contributed by atoms with E-state index in [9.17, 15) is 9.90 Å². The van der Waals surface area contributed by atoms with Crippen molar-refractivity contribution in [2.75, 3.05) is 19.6 Å². The Morgan fingerprint density at radius 1 is 1.47 bits per heavy atom. The van der Waals surface area contributed by atoms with Crippen molar-refractivity contribution < 1.29 is 9.90 Å². The van der Waals surface area contributed by atoms with Crippen LogP contribution in [0, 0.1) is 5.92 Å². The van der Waals surface area contributed by atoms with E-state index in [4.69, 9.17) is 0 Å². The van der Waals surface area contributed by atoms with Crippen LogP contribution in [0.1, 0.15) is 46.0 Å². The molecule has 0 aromatic carbocycles. The van der Waals surface area contributed by atoms with E-state index in [-0.39, 0.29) is 5.91 Å². The first-order valence-electron chi connectivity index (χ1n) is 6.79. The van der Waals surface area contributed by atoms with Crippen LogP contribution in [0.2, 0.25) is 0 Å². The Bertz CT molecular complexity index is 234. The van der Waals surface area contributed by atoms with Crippen molar-refractivity contribution in [2.45, 2.75) is 51.6 Å². The highest BCUT2D eigenvalue weighted by atomic mass is 16.3. The molecule has 1 unspecified atom stereocenters. The van der Waals surface area contributed by atoms with Crippen molar-refractivity contribution >= 4 is 5.91 Å². The molecule has 1 atom stereocenters. The van der Waals surface area contributed by atoms with Gasteiger partial charge < -0.3 is 15.7 Å². The number of amides is 1. The second-order valence-electron chi connectivity index (χ2n) is 5.11. The molecule has 3 N–H and O–H groups in total. The Morgan fingerprint density at radius 2 is 2.18 bits per heavy atom. The molecule has 1 amide bonds. The number of hydrogen-bond donors (Lipinski definition) is 3. The van der Waals surface area contributed by atoms with Crippen LogP contribution in [0.4, 0.5) is 0 Å². The van der Waals surface area contributed by atoms with Crippen molar-refractivity contribution in [1.29, 1.82) is 0 Å². The number of hydrogen-bond acceptors (Lipinski definition) is 3. The summed E-state index contributed by atoms with van der Waals surface area (Å²) >= 11 is 0. The summed E-state index contributed by atoms with van der Waals surface area (Å²) in [4.78, 5) is 11.6. The van der Waals surface area contributed by atoms with Crippen molar-refractivity contribution in [3.63, 3.8) is 0 Å². The molecule has 0 aromatic rings. The van der Waals surface area contributed by atoms with Crippen molar-refractivity contribution in [3.05, 3.63) is 0 Å². The smallest absolute Gasteiger partial charge is 0.220 e. The van der Waals surface area contributed by atoms with Crippen LogP contribution in [0.25, 0.3) is 0 Å². The summed E-state index contributed by atoms with van der Waals surface area (Å²) in [6.07, 6.45) is 4.07. The highest BCUT2D eigenvalue weighted by molar-refractivity contribution is 5.75. The van der Waals surface area contributed by atoms with E-state index in [0.29, 0.717) is 31.7 Å². The average molecular weight is 242 g/mol. The molecule has 0 radical (unpaired) electrons. The van der Waals surface area contributed by atoms with E-state index in [2.05, 4.69) is 10.6 Å². The first-order chi connectivity index (χ1) is 8.09. The first kappa shape index (κ1) is 14.5. The third kappa shape index (κ3) is 5.04. The Labute approximate surface area is 104 Å². The lowest BCUT2D eigenvalue weighted by Crippen LogP contribution is -2.42. The summed E-state index contributed by atoms with van der Waals surface area (Å²) in [6, 6.07) is 0. The number of rotatable bonds is 7. The highest BCUT2D eigenvalue weighted by Crippen LogP contribution is 2.15. The van der Waals surface area contributed by atoms with E-state index >= 15 is 0 Å². The molecule has 1 fully saturated rings. The summed E-state index contributed by atoms with van der Waals surface area (Å²) in [5, 5.41) is 16.2. The fourth-order valence-corrected chi connectivity index (χ4v) is 2.15. The predicted molar refractivity (Wildman–Crippen MR) is 68.8 cm³/mol. The summed E-state index contributed by atoms with van der Waals surface area (Å²) in [7, 11) is 0. The van der Waals surface area contributed by atoms with Crippen LogP contribution in [0.5, 0.6) is 0 Å². The van der Waals surface area contributed by atoms with Crippen LogP contribution in [0.15, 0.2) is 0 Å². The summed E-state index contributed by atoms with van der Waals surface area (Å²) in [5.74, 6) is 0.717. The monoisotopic (exact) mass is 242 g/mol. The lowest BCUT2D eigenvalue weighted by Gasteiger charge is -2.25. The van der Waals surface area contributed by atoms with Crippen LogP contribution < -0.4 is 10.6 Å². The van der Waals surface area contributed by atoms with Gasteiger partial charge in [0.1, 0.15) is 0 Å². The molecular weight excluding hydrogens is 216 g/mol. The van der Waals surface area contributed by atoms with Gasteiger partial charge in [-0.25, -0.2) is 0 Å². The van der Waals surface area contributed by atoms with Crippen molar-refractivity contribution in [2.24, 2.45) is 5.92 Å². The average Bonchev–Trinajstić information content (AvgIpc) is 2.86. The highest BCUT2D eigenvalue weighted by Gasteiger charge is 2.23. The largest absolute Gasteiger partial charge is 0.388 e. The van der Waals surface area contributed by atoms with Crippen molar-refractivity contribution in [3.8, 4) is 0 Å². The van der Waals surface area contributed by atoms with Gasteiger partial charge in [0.15, 0.2) is 0 Å². The lowest BCUT2D eigenvalue weighted by molar-refractivity contribution is -0.122. The van der Waals surface area contributed by atoms with Gasteiger partial charge in [0.2, 0.25) is 5.91 Å². The SMILES string of the molecule is CCC(O)(CC)CNC(=O)CCC1CCNC1. The minimum absolute atomic E-state index is 0.0669. The van der Waals surface area contributed by atoms with Crippen LogP contribution in [-0.2, 0) is 4.79 Å². The Balaban J connectivity index is 2.16. The third-order valence-electron chi connectivity index (χ3n) is 3.87. The molecule has 1 aliphatic rings. The second kappa shape index (κ2) is 6.97. The molecule has 4 heteroatoms. The van der Waals surface area contributed by atoms with E-state index in [1.807, 2.05) is 13.8 Å². The van der Waals surface area contributed by atoms with Crippen LogP contribution in [0.3, 0.4) is 0 Å². The molecule has 17 heavy (non-hydrogen) atoms. The van der Waals surface area contributed by atoms with Crippen LogP contribution >= 0.6 is 0 Å². The predicted octanol–water partition coefficient (Wildman–Crippen LogP) is 1.04. The Morgan fingerprint density at radius 3 is 2.71 bits per heavy atom. The zero-order valence-electron chi connectivity index (χ0n) is 11.1. The molecule has 0 saturated carbocycles. The van der Waals surface area contributed by atoms with Gasteiger partial charge in [-0.1, -0.05) is 13.8 Å². The fourth-order valence-electron chi connectivity index (χ4n) is 2.15. The van der Waals surface area contributed by atoms with Gasteiger partial charge in [0.25, 0.3) is 0 Å². The molecule has 0 aromatic heterocycles. The number of carbonyl (C=O) groups is 1. The fraction of sp³-hybridized carbons (Fsp3) is 0.923. The van der Waals surface area contributed by atoms with E-state index in [1.165, 1.54) is 6.42 Å². The van der Waals surface area contributed by atoms with Gasteiger partial charge in [0, 0.05) is 13.0 Å². The zero-order chi connectivity index (χ0) is 12.7. The standard InChI is InChI=1S/C13H26N2O2/c1-3-13(17,4-2)10-15-12(16)6-5-11-7-8-14-9-11/h11,14,17H,3-10H2,1-2H3,(H,15,16). The Kier molecular flexibility index (Phi) is 5.92. The molecule has 1 aliphatic heterocycles. The van der Waals surface area contributed by atoms with E-state index in [0.717, 1.165) is 19.5 Å². The minimum atomic E-state index is -0.732. The van der Waals surface area contributed by atoms with Gasteiger partial charge in [-0.05, 0) is 44.7 Å². The molecule has 0 spiro atoms. The number of carbonyl (C=O) groups excluding carboxylic acids is 1. The summed E-state index contributed by atoms with van der Waals surface area (Å²) < 4.78 is 0. The third-order valence-corrected chi connectivity index (χ3v) is 3.87. The zero-order valence-corrected chi connectivity index (χ0v) is 11.1. The Hall–Kier alpha value is -0.610. The summed E-state index contributed by atoms with van der Waals surface area (Å²) in [5.41, 5.74) is -0.732. The van der Waals surface area contributed by atoms with E-state index < -0.39 is 5.60 Å². The molecule has 1 rings (SSSR count). The molecule has 100 valence electrons. The number of aliphatic hydroxyl groups is 1. The van der Waals surface area contributed by atoms with Crippen LogP contribution in [-0.4, -0.2) is 36.2 Å². The summed E-state index contributed by atoms with van der Waals surface area (Å²) in [6.45, 7) is 6.39. The maximum absolute atomic E-state index is 11.6. The van der Waals surface area contributed by atoms with Gasteiger partial charge in [-0.3, -0.25) is 4.79 Å². The quantitative estimate of drug-likeness (QED) is 0.625. The second-order valence-corrected chi connectivity index (χ2v) is 5.11. The van der Waals surface area contributed by atoms with Gasteiger partial charge in [-0.2, -0.15) is 0 Å². The topological polar surface area (TPSA) is 61.4 Å². The van der Waals surface area contributed by atoms with Gasteiger partial charge in [-0.15, -0.1) is 0 Å². The van der Waals surface area contributed by atoms with E-state index in [1.54, 1.807) is 0 Å². The van der Waals surface area contributed by atoms with Gasteiger partial charge in [0.05, 0.1) is 5.60 Å². The molecule has 0 aliphatic carbocycles. The van der Waals surface area contributed by atoms with Crippen molar-refractivity contribution in [1.82, 2.24) is 10.6 Å². The number of nitrogens with one attached hydrogen (secondary N) is 2. The minimum Gasteiger partial charge on any atom is -0.388 e. The van der Waals surface area contributed by atoms with Gasteiger partial charge >= 0.3 is 0 Å². The maximum atomic E-state index is 11.6. The molecule has 0 bridgehead atoms. The molecule has 1 saturated heterocycles. The lowest BCUT2D eigenvalue weighted by atomic mass is 9.97. The molecular formula is C13H26N2O2. The first-order valence-corrected chi connectivity index (χ1v) is 6.79. The maximum Gasteiger partial charge on any atom is 0.220 e.